The van der Waals surface area contributed by atoms with E-state index >= 15 is 0 Å². The summed E-state index contributed by atoms with van der Waals surface area (Å²) in [6, 6.07) is 0. The van der Waals surface area contributed by atoms with Gasteiger partial charge in [-0.25, -0.2) is 0 Å². The normalized spacial score (nSPS) is 28.1. The molecular formula is C13H26O3. The molecule has 96 valence electrons. The lowest BCUT2D eigenvalue weighted by Crippen LogP contribution is -2.57. The molecule has 16 heavy (non-hydrogen) atoms. The van der Waals surface area contributed by atoms with Crippen LogP contribution in [0.5, 0.6) is 0 Å². The Hall–Kier alpha value is -0.120. The van der Waals surface area contributed by atoms with Crippen LogP contribution >= 0.6 is 0 Å². The van der Waals surface area contributed by atoms with Crippen LogP contribution in [0.3, 0.4) is 0 Å². The van der Waals surface area contributed by atoms with Gasteiger partial charge >= 0.3 is 0 Å². The van der Waals surface area contributed by atoms with Crippen molar-refractivity contribution in [2.75, 3.05) is 13.2 Å². The van der Waals surface area contributed by atoms with Crippen LogP contribution in [0.15, 0.2) is 0 Å². The number of hydrogen-bond donors (Lipinski definition) is 1. The van der Waals surface area contributed by atoms with Crippen LogP contribution in [0, 0.1) is 5.41 Å². The molecule has 0 aromatic rings. The second kappa shape index (κ2) is 5.99. The Bertz CT molecular complexity index is 199. The van der Waals surface area contributed by atoms with Crippen LogP contribution in [-0.2, 0) is 9.47 Å². The maximum atomic E-state index is 9.86. The Labute approximate surface area is 99.1 Å². The minimum atomic E-state index is -0.182. The van der Waals surface area contributed by atoms with E-state index in [4.69, 9.17) is 9.47 Å². The Morgan fingerprint density at radius 2 is 1.88 bits per heavy atom. The van der Waals surface area contributed by atoms with Crippen molar-refractivity contribution in [3.63, 3.8) is 0 Å². The third-order valence-corrected chi connectivity index (χ3v) is 3.91. The first-order valence-corrected chi connectivity index (χ1v) is 6.48. The fraction of sp³-hybridized carbons (Fsp3) is 1.00. The van der Waals surface area contributed by atoms with E-state index in [1.807, 2.05) is 13.8 Å². The second-order valence-corrected chi connectivity index (χ2v) is 4.97. The van der Waals surface area contributed by atoms with Crippen molar-refractivity contribution in [1.82, 2.24) is 0 Å². The molecule has 0 bridgehead atoms. The van der Waals surface area contributed by atoms with Gasteiger partial charge in [0.25, 0.3) is 0 Å². The monoisotopic (exact) mass is 230 g/mol. The average Bonchev–Trinajstić information content (AvgIpc) is 2.24. The first-order chi connectivity index (χ1) is 7.56. The summed E-state index contributed by atoms with van der Waals surface area (Å²) in [6.45, 7) is 9.59. The molecule has 0 spiro atoms. The summed E-state index contributed by atoms with van der Waals surface area (Å²) >= 11 is 0. The zero-order valence-electron chi connectivity index (χ0n) is 11.0. The van der Waals surface area contributed by atoms with Gasteiger partial charge in [-0.05, 0) is 26.7 Å². The fourth-order valence-electron chi connectivity index (χ4n) is 2.61. The molecule has 0 radical (unpaired) electrons. The molecule has 0 saturated heterocycles. The molecule has 1 N–H and O–H groups in total. The molecule has 3 nitrogen and oxygen atoms in total. The van der Waals surface area contributed by atoms with Gasteiger partial charge in [0.1, 0.15) is 0 Å². The lowest BCUT2D eigenvalue weighted by atomic mass is 9.60. The van der Waals surface area contributed by atoms with E-state index in [9.17, 15) is 5.11 Å². The van der Waals surface area contributed by atoms with Crippen molar-refractivity contribution in [3.05, 3.63) is 0 Å². The molecule has 1 aliphatic rings. The van der Waals surface area contributed by atoms with E-state index < -0.39 is 0 Å². The van der Waals surface area contributed by atoms with Gasteiger partial charge in [-0.1, -0.05) is 13.8 Å². The molecule has 2 unspecified atom stereocenters. The molecule has 0 aromatic heterocycles. The zero-order valence-corrected chi connectivity index (χ0v) is 11.0. The molecule has 1 rings (SSSR count). The predicted octanol–water partition coefficient (Wildman–Crippen LogP) is 2.37. The van der Waals surface area contributed by atoms with Crippen molar-refractivity contribution in [2.45, 2.75) is 65.3 Å². The van der Waals surface area contributed by atoms with Crippen molar-refractivity contribution >= 4 is 0 Å². The number of aliphatic hydroxyl groups is 1. The largest absolute Gasteiger partial charge is 0.392 e. The van der Waals surface area contributed by atoms with Crippen molar-refractivity contribution in [2.24, 2.45) is 5.41 Å². The Morgan fingerprint density at radius 3 is 2.31 bits per heavy atom. The highest BCUT2D eigenvalue weighted by Crippen LogP contribution is 2.48. The quantitative estimate of drug-likeness (QED) is 0.682. The van der Waals surface area contributed by atoms with E-state index in [0.29, 0.717) is 13.2 Å². The SMILES string of the molecule is CCC1(CC)C(O)CC1OCCOC(C)C. The molecule has 0 amide bonds. The fourth-order valence-corrected chi connectivity index (χ4v) is 2.61. The molecule has 1 saturated carbocycles. The van der Waals surface area contributed by atoms with Gasteiger partial charge in [0.2, 0.25) is 0 Å². The van der Waals surface area contributed by atoms with Gasteiger partial charge in [0, 0.05) is 11.8 Å². The highest BCUT2D eigenvalue weighted by Gasteiger charge is 2.52. The third kappa shape index (κ3) is 2.76. The summed E-state index contributed by atoms with van der Waals surface area (Å²) in [7, 11) is 0. The topological polar surface area (TPSA) is 38.7 Å². The van der Waals surface area contributed by atoms with E-state index in [2.05, 4.69) is 13.8 Å². The summed E-state index contributed by atoms with van der Waals surface area (Å²) in [6.07, 6.45) is 3.05. The Morgan fingerprint density at radius 1 is 1.25 bits per heavy atom. The van der Waals surface area contributed by atoms with Crippen LogP contribution in [0.1, 0.15) is 47.0 Å². The number of ether oxygens (including phenoxy) is 2. The molecule has 3 heteroatoms. The maximum absolute atomic E-state index is 9.86. The number of rotatable bonds is 7. The van der Waals surface area contributed by atoms with E-state index in [1.165, 1.54) is 0 Å². The molecule has 0 aliphatic heterocycles. The van der Waals surface area contributed by atoms with Crippen molar-refractivity contribution in [1.29, 1.82) is 0 Å². The van der Waals surface area contributed by atoms with Crippen LogP contribution in [0.4, 0.5) is 0 Å². The van der Waals surface area contributed by atoms with Crippen LogP contribution in [0.25, 0.3) is 0 Å². The summed E-state index contributed by atoms with van der Waals surface area (Å²) in [5, 5.41) is 9.86. The highest BCUT2D eigenvalue weighted by atomic mass is 16.5. The lowest BCUT2D eigenvalue weighted by Gasteiger charge is -2.52. The van der Waals surface area contributed by atoms with Gasteiger partial charge in [-0.3, -0.25) is 0 Å². The molecule has 0 heterocycles. The number of hydrogen-bond acceptors (Lipinski definition) is 3. The van der Waals surface area contributed by atoms with Crippen LogP contribution in [0.2, 0.25) is 0 Å². The molecule has 1 aliphatic carbocycles. The molecule has 0 aromatic carbocycles. The van der Waals surface area contributed by atoms with Crippen LogP contribution < -0.4 is 0 Å². The Balaban J connectivity index is 2.27. The van der Waals surface area contributed by atoms with Crippen molar-refractivity contribution < 1.29 is 14.6 Å². The predicted molar refractivity (Wildman–Crippen MR) is 64.5 cm³/mol. The van der Waals surface area contributed by atoms with Gasteiger partial charge < -0.3 is 14.6 Å². The van der Waals surface area contributed by atoms with Gasteiger partial charge in [-0.15, -0.1) is 0 Å². The molecule has 2 atom stereocenters. The van der Waals surface area contributed by atoms with Crippen LogP contribution in [-0.4, -0.2) is 36.6 Å². The first kappa shape index (κ1) is 13.9. The standard InChI is InChI=1S/C13H26O3/c1-5-13(6-2)11(14)9-12(13)16-8-7-15-10(3)4/h10-12,14H,5-9H2,1-4H3. The van der Waals surface area contributed by atoms with E-state index in [0.717, 1.165) is 19.3 Å². The average molecular weight is 230 g/mol. The summed E-state index contributed by atoms with van der Waals surface area (Å²) < 4.78 is 11.2. The summed E-state index contributed by atoms with van der Waals surface area (Å²) in [5.74, 6) is 0. The first-order valence-electron chi connectivity index (χ1n) is 6.48. The smallest absolute Gasteiger partial charge is 0.0704 e. The van der Waals surface area contributed by atoms with Gasteiger partial charge in [-0.2, -0.15) is 0 Å². The van der Waals surface area contributed by atoms with E-state index in [-0.39, 0.29) is 23.7 Å². The third-order valence-electron chi connectivity index (χ3n) is 3.91. The summed E-state index contributed by atoms with van der Waals surface area (Å²) in [4.78, 5) is 0. The minimum Gasteiger partial charge on any atom is -0.392 e. The lowest BCUT2D eigenvalue weighted by molar-refractivity contribution is -0.200. The Kier molecular flexibility index (Phi) is 5.22. The minimum absolute atomic E-state index is 0.00215. The second-order valence-electron chi connectivity index (χ2n) is 4.97. The number of aliphatic hydroxyl groups excluding tert-OH is 1. The van der Waals surface area contributed by atoms with Gasteiger partial charge in [0.05, 0.1) is 31.5 Å². The zero-order chi connectivity index (χ0) is 12.2. The highest BCUT2D eigenvalue weighted by molar-refractivity contribution is 5.02. The maximum Gasteiger partial charge on any atom is 0.0704 e. The van der Waals surface area contributed by atoms with Gasteiger partial charge in [0.15, 0.2) is 0 Å². The van der Waals surface area contributed by atoms with Crippen molar-refractivity contribution in [3.8, 4) is 0 Å². The summed E-state index contributed by atoms with van der Waals surface area (Å²) in [5.41, 5.74) is -0.00215. The van der Waals surface area contributed by atoms with E-state index in [1.54, 1.807) is 0 Å². The molecule has 1 fully saturated rings. The molecular weight excluding hydrogens is 204 g/mol.